The van der Waals surface area contributed by atoms with E-state index < -0.39 is 27.9 Å². The number of carbonyl (C=O) groups is 2. The normalized spacial score (nSPS) is 12.9. The number of amides is 1. The average Bonchev–Trinajstić information content (AvgIpc) is 2.40. The van der Waals surface area contributed by atoms with Crippen LogP contribution in [0.3, 0.4) is 0 Å². The summed E-state index contributed by atoms with van der Waals surface area (Å²) < 4.78 is 40.1. The minimum atomic E-state index is -4.19. The van der Waals surface area contributed by atoms with Crippen LogP contribution < -0.4 is 5.32 Å². The first-order chi connectivity index (χ1) is 11.0. The lowest BCUT2D eigenvalue weighted by atomic mass is 10.1. The number of rotatable bonds is 7. The number of aryl methyl sites for hydroxylation is 2. The zero-order chi connectivity index (χ0) is 18.7. The lowest BCUT2D eigenvalue weighted by Gasteiger charge is -2.27. The summed E-state index contributed by atoms with van der Waals surface area (Å²) in [4.78, 5) is 22.1. The van der Waals surface area contributed by atoms with E-state index in [0.717, 1.165) is 16.4 Å². The largest absolute Gasteiger partial charge is 0.480 e. The van der Waals surface area contributed by atoms with Gasteiger partial charge in [-0.25, -0.2) is 12.8 Å². The molecule has 0 fully saturated rings. The van der Waals surface area contributed by atoms with Crippen LogP contribution in [-0.2, 0) is 19.6 Å². The second-order valence-corrected chi connectivity index (χ2v) is 7.31. The molecule has 1 aromatic carbocycles. The van der Waals surface area contributed by atoms with Crippen molar-refractivity contribution in [3.63, 3.8) is 0 Å². The van der Waals surface area contributed by atoms with E-state index in [4.69, 9.17) is 0 Å². The first kappa shape index (κ1) is 20.0. The summed E-state index contributed by atoms with van der Waals surface area (Å²) in [5, 5.41) is 11.6. The molecule has 0 aliphatic carbocycles. The molecule has 1 rings (SSSR count). The molecule has 0 aliphatic rings. The van der Waals surface area contributed by atoms with Gasteiger partial charge < -0.3 is 10.4 Å². The summed E-state index contributed by atoms with van der Waals surface area (Å²) in [6.07, 6.45) is 0. The van der Waals surface area contributed by atoms with Crippen LogP contribution in [0.2, 0.25) is 0 Å². The molecule has 0 heterocycles. The number of carboxylic acid groups (broad SMARTS) is 1. The first-order valence-corrected chi connectivity index (χ1v) is 8.68. The summed E-state index contributed by atoms with van der Waals surface area (Å²) in [7, 11) is -4.19. The Morgan fingerprint density at radius 3 is 2.21 bits per heavy atom. The van der Waals surface area contributed by atoms with Gasteiger partial charge in [-0.1, -0.05) is 0 Å². The van der Waals surface area contributed by atoms with Gasteiger partial charge in [0.15, 0.2) is 0 Å². The van der Waals surface area contributed by atoms with Crippen LogP contribution in [0.5, 0.6) is 0 Å². The Labute approximate surface area is 140 Å². The molecule has 1 atom stereocenters. The fourth-order valence-corrected chi connectivity index (χ4v) is 4.41. The van der Waals surface area contributed by atoms with Gasteiger partial charge in [-0.2, -0.15) is 4.31 Å². The van der Waals surface area contributed by atoms with Gasteiger partial charge in [0.25, 0.3) is 0 Å². The van der Waals surface area contributed by atoms with Gasteiger partial charge in [0.05, 0.1) is 4.90 Å². The summed E-state index contributed by atoms with van der Waals surface area (Å²) in [5.74, 6) is -2.25. The SMILES string of the molecule is CC(=O)NCCN(C(C)C(=O)O)S(=O)(=O)c1c(C)cc(F)cc1C. The zero-order valence-corrected chi connectivity index (χ0v) is 14.8. The predicted octanol–water partition coefficient (Wildman–Crippen LogP) is 1.04. The van der Waals surface area contributed by atoms with E-state index in [0.29, 0.717) is 0 Å². The van der Waals surface area contributed by atoms with E-state index in [2.05, 4.69) is 5.32 Å². The number of hydrogen-bond donors (Lipinski definition) is 2. The van der Waals surface area contributed by atoms with Crippen molar-refractivity contribution in [2.75, 3.05) is 13.1 Å². The molecular weight excluding hydrogens is 339 g/mol. The van der Waals surface area contributed by atoms with Crippen LogP contribution in [-0.4, -0.2) is 48.8 Å². The molecule has 2 N–H and O–H groups in total. The highest BCUT2D eigenvalue weighted by Gasteiger charge is 2.34. The van der Waals surface area contributed by atoms with Crippen LogP contribution in [0.4, 0.5) is 4.39 Å². The second kappa shape index (κ2) is 7.71. The maximum Gasteiger partial charge on any atom is 0.321 e. The summed E-state index contributed by atoms with van der Waals surface area (Å²) in [6.45, 7) is 5.15. The van der Waals surface area contributed by atoms with Gasteiger partial charge >= 0.3 is 5.97 Å². The van der Waals surface area contributed by atoms with Crippen molar-refractivity contribution in [3.05, 3.63) is 29.1 Å². The third kappa shape index (κ3) is 4.51. The highest BCUT2D eigenvalue weighted by Crippen LogP contribution is 2.26. The lowest BCUT2D eigenvalue weighted by Crippen LogP contribution is -2.47. The smallest absolute Gasteiger partial charge is 0.321 e. The third-order valence-electron chi connectivity index (χ3n) is 3.49. The molecule has 0 bridgehead atoms. The number of benzene rings is 1. The molecule has 0 radical (unpaired) electrons. The molecule has 9 heteroatoms. The second-order valence-electron chi connectivity index (χ2n) is 5.48. The van der Waals surface area contributed by atoms with Crippen molar-refractivity contribution in [3.8, 4) is 0 Å². The van der Waals surface area contributed by atoms with E-state index in [9.17, 15) is 27.5 Å². The van der Waals surface area contributed by atoms with Gasteiger partial charge in [0, 0.05) is 20.0 Å². The van der Waals surface area contributed by atoms with E-state index >= 15 is 0 Å². The molecule has 0 spiro atoms. The van der Waals surface area contributed by atoms with Gasteiger partial charge in [0.2, 0.25) is 15.9 Å². The fourth-order valence-electron chi connectivity index (χ4n) is 2.41. The first-order valence-electron chi connectivity index (χ1n) is 7.24. The molecule has 0 saturated carbocycles. The number of aliphatic carboxylic acids is 1. The maximum absolute atomic E-state index is 13.4. The minimum Gasteiger partial charge on any atom is -0.480 e. The molecule has 0 saturated heterocycles. The molecule has 24 heavy (non-hydrogen) atoms. The van der Waals surface area contributed by atoms with E-state index in [1.165, 1.54) is 27.7 Å². The third-order valence-corrected chi connectivity index (χ3v) is 5.76. The van der Waals surface area contributed by atoms with Crippen molar-refractivity contribution in [1.29, 1.82) is 0 Å². The molecular formula is C15H21FN2O5S. The molecule has 0 aliphatic heterocycles. The molecule has 1 amide bonds. The van der Waals surface area contributed by atoms with Crippen molar-refractivity contribution >= 4 is 21.9 Å². The number of nitrogens with one attached hydrogen (secondary N) is 1. The molecule has 1 aromatic rings. The Kier molecular flexibility index (Phi) is 6.44. The molecule has 1 unspecified atom stereocenters. The monoisotopic (exact) mass is 360 g/mol. The summed E-state index contributed by atoms with van der Waals surface area (Å²) in [6, 6.07) is 0.821. The average molecular weight is 360 g/mol. The molecule has 0 aromatic heterocycles. The quantitative estimate of drug-likeness (QED) is 0.756. The van der Waals surface area contributed by atoms with Gasteiger partial charge in [-0.15, -0.1) is 0 Å². The standard InChI is InChI=1S/C15H21FN2O5S/c1-9-7-13(16)8-10(2)14(9)24(22,23)18(11(3)15(20)21)6-5-17-12(4)19/h7-8,11H,5-6H2,1-4H3,(H,17,19)(H,20,21). The number of sulfonamides is 1. The van der Waals surface area contributed by atoms with Gasteiger partial charge in [-0.3, -0.25) is 9.59 Å². The Morgan fingerprint density at radius 1 is 1.29 bits per heavy atom. The van der Waals surface area contributed by atoms with Crippen molar-refractivity contribution in [1.82, 2.24) is 9.62 Å². The minimum absolute atomic E-state index is 0.0362. The van der Waals surface area contributed by atoms with Crippen LogP contribution in [0.1, 0.15) is 25.0 Å². The lowest BCUT2D eigenvalue weighted by molar-refractivity contribution is -0.140. The van der Waals surface area contributed by atoms with Gasteiger partial charge in [-0.05, 0) is 44.0 Å². The van der Waals surface area contributed by atoms with Crippen molar-refractivity contribution in [2.45, 2.75) is 38.6 Å². The summed E-state index contributed by atoms with van der Waals surface area (Å²) in [5.41, 5.74) is 0.379. The Balaban J connectivity index is 3.34. The van der Waals surface area contributed by atoms with Crippen LogP contribution >= 0.6 is 0 Å². The maximum atomic E-state index is 13.4. The number of halogens is 1. The molecule has 134 valence electrons. The van der Waals surface area contributed by atoms with Crippen LogP contribution in [0.15, 0.2) is 17.0 Å². The Morgan fingerprint density at radius 2 is 1.79 bits per heavy atom. The Hall–Kier alpha value is -2.00. The number of nitrogens with zero attached hydrogens (tertiary/aromatic N) is 1. The topological polar surface area (TPSA) is 104 Å². The van der Waals surface area contributed by atoms with Gasteiger partial charge in [0.1, 0.15) is 11.9 Å². The van der Waals surface area contributed by atoms with E-state index in [1.54, 1.807) is 0 Å². The van der Waals surface area contributed by atoms with Crippen molar-refractivity contribution in [2.24, 2.45) is 0 Å². The number of carboxylic acids is 1. The Bertz CT molecular complexity index is 725. The van der Waals surface area contributed by atoms with E-state index in [1.807, 2.05) is 0 Å². The molecule has 7 nitrogen and oxygen atoms in total. The highest BCUT2D eigenvalue weighted by molar-refractivity contribution is 7.89. The van der Waals surface area contributed by atoms with Crippen LogP contribution in [0, 0.1) is 19.7 Å². The highest BCUT2D eigenvalue weighted by atomic mass is 32.2. The fraction of sp³-hybridized carbons (Fsp3) is 0.467. The van der Waals surface area contributed by atoms with E-state index in [-0.39, 0.29) is 35.0 Å². The number of carbonyl (C=O) groups excluding carboxylic acids is 1. The van der Waals surface area contributed by atoms with Crippen molar-refractivity contribution < 1.29 is 27.5 Å². The predicted molar refractivity (Wildman–Crippen MR) is 85.5 cm³/mol. The number of hydrogen-bond acceptors (Lipinski definition) is 4. The van der Waals surface area contributed by atoms with Crippen LogP contribution in [0.25, 0.3) is 0 Å². The zero-order valence-electron chi connectivity index (χ0n) is 14.0. The summed E-state index contributed by atoms with van der Waals surface area (Å²) >= 11 is 0.